The van der Waals surface area contributed by atoms with Gasteiger partial charge in [0.2, 0.25) is 15.9 Å². The molecule has 2 heterocycles. The van der Waals surface area contributed by atoms with E-state index in [2.05, 4.69) is 17.1 Å². The number of carbonyl (C=O) groups excluding carboxylic acids is 2. The molecule has 11 heteroatoms. The van der Waals surface area contributed by atoms with Crippen molar-refractivity contribution in [3.05, 3.63) is 17.2 Å². The van der Waals surface area contributed by atoms with Crippen LogP contribution in [0.25, 0.3) is 0 Å². The Bertz CT molecular complexity index is 884. The van der Waals surface area contributed by atoms with Crippen molar-refractivity contribution in [1.29, 1.82) is 0 Å². The zero-order chi connectivity index (χ0) is 20.5. The van der Waals surface area contributed by atoms with Gasteiger partial charge in [-0.3, -0.25) is 9.59 Å². The lowest BCUT2D eigenvalue weighted by atomic mass is 10.2. The van der Waals surface area contributed by atoms with Gasteiger partial charge in [0.05, 0.1) is 17.3 Å². The molecule has 9 nitrogen and oxygen atoms in total. The van der Waals surface area contributed by atoms with Crippen molar-refractivity contribution in [3.8, 4) is 5.75 Å². The van der Waals surface area contributed by atoms with Gasteiger partial charge in [-0.1, -0.05) is 18.5 Å². The standard InChI is InChI=1S/C17H23ClN4O5S/c1-3-21-4-6-22(7-5-21)17(24)10-20(2)28(25,26)15-9-14-13(8-12(15)18)19-16(23)11-27-14/h8-9H,3-7,10-11H2,1-2H3,(H,19,23). The first kappa shape index (κ1) is 20.8. The average Bonchev–Trinajstić information content (AvgIpc) is 2.67. The number of anilines is 1. The summed E-state index contributed by atoms with van der Waals surface area (Å²) >= 11 is 6.14. The first-order valence-corrected chi connectivity index (χ1v) is 10.8. The van der Waals surface area contributed by atoms with E-state index < -0.39 is 10.0 Å². The van der Waals surface area contributed by atoms with E-state index in [4.69, 9.17) is 16.3 Å². The number of sulfonamides is 1. The van der Waals surface area contributed by atoms with Crippen molar-refractivity contribution in [2.24, 2.45) is 0 Å². The fourth-order valence-corrected chi connectivity index (χ4v) is 4.77. The minimum atomic E-state index is -4.02. The molecule has 0 atom stereocenters. The first-order valence-electron chi connectivity index (χ1n) is 8.95. The van der Waals surface area contributed by atoms with Gasteiger partial charge in [-0.05, 0) is 12.6 Å². The van der Waals surface area contributed by atoms with Crippen LogP contribution in [0, 0.1) is 0 Å². The Kier molecular flexibility index (Phi) is 6.13. The molecular formula is C17H23ClN4O5S. The van der Waals surface area contributed by atoms with Gasteiger partial charge in [0.1, 0.15) is 10.6 Å². The fraction of sp³-hybridized carbons (Fsp3) is 0.529. The number of hydrogen-bond acceptors (Lipinski definition) is 6. The normalized spacial score (nSPS) is 17.9. The number of halogens is 1. The van der Waals surface area contributed by atoms with Gasteiger partial charge in [0.15, 0.2) is 6.61 Å². The molecule has 1 aromatic carbocycles. The molecule has 1 N–H and O–H groups in total. The maximum atomic E-state index is 12.9. The molecule has 3 rings (SSSR count). The highest BCUT2D eigenvalue weighted by Gasteiger charge is 2.30. The van der Waals surface area contributed by atoms with Crippen LogP contribution in [-0.4, -0.2) is 87.3 Å². The molecular weight excluding hydrogens is 408 g/mol. The molecule has 0 radical (unpaired) electrons. The SMILES string of the molecule is CCN1CCN(C(=O)CN(C)S(=O)(=O)c2cc3c(cc2Cl)NC(=O)CO3)CC1. The summed E-state index contributed by atoms with van der Waals surface area (Å²) in [5, 5.41) is 2.52. The van der Waals surface area contributed by atoms with E-state index in [1.54, 1.807) is 4.90 Å². The quantitative estimate of drug-likeness (QED) is 0.728. The monoisotopic (exact) mass is 430 g/mol. The topological polar surface area (TPSA) is 99.3 Å². The molecule has 1 saturated heterocycles. The zero-order valence-corrected chi connectivity index (χ0v) is 17.3. The van der Waals surface area contributed by atoms with E-state index in [0.717, 1.165) is 23.9 Å². The summed E-state index contributed by atoms with van der Waals surface area (Å²) in [6.07, 6.45) is 0. The number of hydrogen-bond donors (Lipinski definition) is 1. The van der Waals surface area contributed by atoms with Gasteiger partial charge >= 0.3 is 0 Å². The van der Waals surface area contributed by atoms with Crippen LogP contribution in [-0.2, 0) is 19.6 Å². The Morgan fingerprint density at radius 3 is 2.61 bits per heavy atom. The number of nitrogens with zero attached hydrogens (tertiary/aromatic N) is 3. The molecule has 1 aromatic rings. The maximum Gasteiger partial charge on any atom is 0.262 e. The Balaban J connectivity index is 1.73. The molecule has 0 spiro atoms. The zero-order valence-electron chi connectivity index (χ0n) is 15.8. The molecule has 2 aliphatic heterocycles. The molecule has 0 aliphatic carbocycles. The average molecular weight is 431 g/mol. The Hall–Kier alpha value is -1.88. The predicted molar refractivity (Wildman–Crippen MR) is 104 cm³/mol. The second-order valence-electron chi connectivity index (χ2n) is 6.69. The molecule has 1 fully saturated rings. The number of benzene rings is 1. The largest absolute Gasteiger partial charge is 0.482 e. The Morgan fingerprint density at radius 1 is 1.29 bits per heavy atom. The van der Waals surface area contributed by atoms with Gasteiger partial charge < -0.3 is 19.9 Å². The molecule has 0 saturated carbocycles. The second kappa shape index (κ2) is 8.24. The molecule has 154 valence electrons. The summed E-state index contributed by atoms with van der Waals surface area (Å²) < 4.78 is 32.1. The van der Waals surface area contributed by atoms with E-state index >= 15 is 0 Å². The predicted octanol–water partition coefficient (Wildman–Crippen LogP) is 0.456. The van der Waals surface area contributed by atoms with Crippen molar-refractivity contribution in [2.45, 2.75) is 11.8 Å². The van der Waals surface area contributed by atoms with E-state index in [-0.39, 0.29) is 40.6 Å². The minimum absolute atomic E-state index is 0.0552. The van der Waals surface area contributed by atoms with E-state index in [1.807, 2.05) is 0 Å². The smallest absolute Gasteiger partial charge is 0.262 e. The number of rotatable bonds is 5. The summed E-state index contributed by atoms with van der Waals surface area (Å²) in [7, 11) is -2.67. The Morgan fingerprint density at radius 2 is 1.96 bits per heavy atom. The van der Waals surface area contributed by atoms with Crippen LogP contribution in [0.1, 0.15) is 6.92 Å². The van der Waals surface area contributed by atoms with Gasteiger partial charge in [0.25, 0.3) is 5.91 Å². The number of ether oxygens (including phenoxy) is 1. The second-order valence-corrected chi connectivity index (χ2v) is 9.11. The first-order chi connectivity index (χ1) is 13.2. The summed E-state index contributed by atoms with van der Waals surface area (Å²) in [6, 6.07) is 2.61. The van der Waals surface area contributed by atoms with Gasteiger partial charge in [-0.15, -0.1) is 0 Å². The van der Waals surface area contributed by atoms with E-state index in [9.17, 15) is 18.0 Å². The molecule has 28 heavy (non-hydrogen) atoms. The van der Waals surface area contributed by atoms with Crippen LogP contribution in [0.15, 0.2) is 17.0 Å². The third-order valence-corrected chi connectivity index (χ3v) is 7.15. The number of nitrogens with one attached hydrogen (secondary N) is 1. The van der Waals surface area contributed by atoms with Crippen molar-refractivity contribution in [2.75, 3.05) is 58.2 Å². The van der Waals surface area contributed by atoms with Crippen molar-refractivity contribution >= 4 is 39.1 Å². The summed E-state index contributed by atoms with van der Waals surface area (Å²) in [5.41, 5.74) is 0.313. The lowest BCUT2D eigenvalue weighted by molar-refractivity contribution is -0.132. The summed E-state index contributed by atoms with van der Waals surface area (Å²) in [4.78, 5) is 27.7. The molecule has 2 aliphatic rings. The fourth-order valence-electron chi connectivity index (χ4n) is 3.14. The van der Waals surface area contributed by atoms with Crippen LogP contribution in [0.3, 0.4) is 0 Å². The van der Waals surface area contributed by atoms with Crippen molar-refractivity contribution in [3.63, 3.8) is 0 Å². The van der Waals surface area contributed by atoms with E-state index in [1.165, 1.54) is 19.2 Å². The third kappa shape index (κ3) is 4.24. The molecule has 0 bridgehead atoms. The number of carbonyl (C=O) groups is 2. The molecule has 0 aromatic heterocycles. The summed E-state index contributed by atoms with van der Waals surface area (Å²) in [5.74, 6) is -0.373. The number of likely N-dealkylation sites (N-methyl/N-ethyl adjacent to an activating group) is 2. The maximum absolute atomic E-state index is 12.9. The van der Waals surface area contributed by atoms with Gasteiger partial charge in [-0.2, -0.15) is 4.31 Å². The summed E-state index contributed by atoms with van der Waals surface area (Å²) in [6.45, 7) is 5.22. The molecule has 0 unspecified atom stereocenters. The van der Waals surface area contributed by atoms with Gasteiger partial charge in [0, 0.05) is 39.3 Å². The van der Waals surface area contributed by atoms with Crippen LogP contribution in [0.5, 0.6) is 5.75 Å². The van der Waals surface area contributed by atoms with Crippen LogP contribution in [0.4, 0.5) is 5.69 Å². The third-order valence-electron chi connectivity index (χ3n) is 4.89. The highest BCUT2D eigenvalue weighted by molar-refractivity contribution is 7.89. The number of piperazine rings is 1. The minimum Gasteiger partial charge on any atom is -0.482 e. The van der Waals surface area contributed by atoms with E-state index in [0.29, 0.717) is 18.8 Å². The lowest BCUT2D eigenvalue weighted by Crippen LogP contribution is -2.51. The van der Waals surface area contributed by atoms with Crippen LogP contribution < -0.4 is 10.1 Å². The molecule has 2 amide bonds. The lowest BCUT2D eigenvalue weighted by Gasteiger charge is -2.34. The van der Waals surface area contributed by atoms with Crippen molar-refractivity contribution < 1.29 is 22.7 Å². The number of fused-ring (bicyclic) bond motifs is 1. The van der Waals surface area contributed by atoms with Crippen LogP contribution in [0.2, 0.25) is 5.02 Å². The Labute approximate surface area is 169 Å². The highest BCUT2D eigenvalue weighted by Crippen LogP contribution is 2.36. The van der Waals surface area contributed by atoms with Crippen LogP contribution >= 0.6 is 11.6 Å². The van der Waals surface area contributed by atoms with Gasteiger partial charge in [-0.25, -0.2) is 8.42 Å². The number of amides is 2. The highest BCUT2D eigenvalue weighted by atomic mass is 35.5. The van der Waals surface area contributed by atoms with Crippen molar-refractivity contribution in [1.82, 2.24) is 14.1 Å².